The fraction of sp³-hybridized carbons (Fsp3) is 0.667. The number of hydrogen-bond acceptors (Lipinski definition) is 1. The molecule has 0 amide bonds. The van der Waals surface area contributed by atoms with E-state index in [1.807, 2.05) is 5.70 Å². The average Bonchev–Trinajstić information content (AvgIpc) is 1.86. The van der Waals surface area contributed by atoms with Gasteiger partial charge in [-0.1, -0.05) is 0 Å². The van der Waals surface area contributed by atoms with Crippen LogP contribution in [0.2, 0.25) is 9.88 Å². The Bertz CT molecular complexity index is 50.3. The molecule has 1 nitrogen and oxygen atoms in total. The van der Waals surface area contributed by atoms with Crippen molar-refractivity contribution in [3.8, 4) is 0 Å². The molecule has 2 radical (unpaired) electrons. The Kier molecular flexibility index (Phi) is 21.9. The zero-order chi connectivity index (χ0) is 7.54. The summed E-state index contributed by atoms with van der Waals surface area (Å²) in [7, 11) is 1.68. The van der Waals surface area contributed by atoms with Crippen LogP contribution in [0.25, 0.3) is 0 Å². The molecule has 0 saturated carbocycles. The van der Waals surface area contributed by atoms with Crippen LogP contribution in [0.15, 0.2) is 12.3 Å². The van der Waals surface area contributed by atoms with E-state index >= 15 is 0 Å². The van der Waals surface area contributed by atoms with Gasteiger partial charge in [0.25, 0.3) is 0 Å². The number of hydrogen-bond donors (Lipinski definition) is 0. The summed E-state index contributed by atoms with van der Waals surface area (Å²) in [5.74, 6) is 0. The summed E-state index contributed by atoms with van der Waals surface area (Å²) >= 11 is 0.230. The Morgan fingerprint density at radius 3 is 2.22 bits per heavy atom. The van der Waals surface area contributed by atoms with E-state index in [0.29, 0.717) is 0 Å². The van der Waals surface area contributed by atoms with Crippen LogP contribution in [-0.2, 0) is 4.74 Å². The van der Waals surface area contributed by atoms with Crippen molar-refractivity contribution < 1.29 is 4.74 Å². The predicted octanol–water partition coefficient (Wildman–Crippen LogP) is 0.689. The van der Waals surface area contributed by atoms with Crippen molar-refractivity contribution in [1.29, 1.82) is 0 Å². The SMILES string of the molecule is C=C[SiH2]COC.[CH3][Sn][CH3]. The topological polar surface area (TPSA) is 9.23 Å². The Hall–Kier alpha value is 0.716. The number of ether oxygens (including phenoxy) is 1. The van der Waals surface area contributed by atoms with Crippen molar-refractivity contribution in [3.63, 3.8) is 0 Å². The zero-order valence-corrected chi connectivity index (χ0v) is 10.9. The number of rotatable bonds is 3. The molecular weight excluding hydrogens is 235 g/mol. The fourth-order valence-corrected chi connectivity index (χ4v) is 0.604. The second-order valence-electron chi connectivity index (χ2n) is 1.57. The van der Waals surface area contributed by atoms with Gasteiger partial charge in [-0.2, -0.15) is 0 Å². The predicted molar refractivity (Wildman–Crippen MR) is 48.1 cm³/mol. The number of methoxy groups -OCH3 is 1. The van der Waals surface area contributed by atoms with Crippen LogP contribution in [0.3, 0.4) is 0 Å². The minimum absolute atomic E-state index is 0.0367. The molecule has 0 aliphatic heterocycles. The molecule has 0 unspecified atom stereocenters. The molecule has 0 spiro atoms. The van der Waals surface area contributed by atoms with Crippen molar-refractivity contribution in [2.45, 2.75) is 9.88 Å². The summed E-state index contributed by atoms with van der Waals surface area (Å²) in [6.07, 6.45) is 0.934. The molecular formula is C6H16OSiSn. The van der Waals surface area contributed by atoms with Gasteiger partial charge in [0, 0.05) is 13.3 Å². The van der Waals surface area contributed by atoms with Gasteiger partial charge in [-0.15, -0.1) is 12.3 Å². The first-order chi connectivity index (χ1) is 4.33. The van der Waals surface area contributed by atoms with Crippen LogP contribution < -0.4 is 0 Å². The minimum atomic E-state index is -0.0367. The second kappa shape index (κ2) is 15.9. The van der Waals surface area contributed by atoms with Crippen LogP contribution >= 0.6 is 0 Å². The molecule has 0 aromatic carbocycles. The van der Waals surface area contributed by atoms with E-state index in [9.17, 15) is 0 Å². The van der Waals surface area contributed by atoms with Gasteiger partial charge >= 0.3 is 31.0 Å². The van der Waals surface area contributed by atoms with Crippen LogP contribution in [0.4, 0.5) is 0 Å². The van der Waals surface area contributed by atoms with Gasteiger partial charge < -0.3 is 4.74 Å². The first kappa shape index (κ1) is 12.4. The van der Waals surface area contributed by atoms with Gasteiger partial charge in [-0.3, -0.25) is 0 Å². The van der Waals surface area contributed by atoms with Crippen molar-refractivity contribution in [3.05, 3.63) is 12.3 Å². The molecule has 0 saturated heterocycles. The fourth-order valence-electron chi connectivity index (χ4n) is 0.201. The first-order valence-electron chi connectivity index (χ1n) is 3.01. The summed E-state index contributed by atoms with van der Waals surface area (Å²) in [4.78, 5) is 4.59. The third kappa shape index (κ3) is 28.5. The van der Waals surface area contributed by atoms with Gasteiger partial charge in [-0.25, -0.2) is 0 Å². The third-order valence-electron chi connectivity index (χ3n) is 0.526. The van der Waals surface area contributed by atoms with E-state index in [0.717, 1.165) is 6.23 Å². The molecule has 0 aromatic rings. The van der Waals surface area contributed by atoms with Crippen molar-refractivity contribution in [2.24, 2.45) is 0 Å². The molecule has 9 heavy (non-hydrogen) atoms. The Morgan fingerprint density at radius 2 is 2.11 bits per heavy atom. The maximum absolute atomic E-state index is 4.77. The molecule has 0 aliphatic rings. The Morgan fingerprint density at radius 1 is 1.67 bits per heavy atom. The Balaban J connectivity index is 0. The van der Waals surface area contributed by atoms with E-state index in [-0.39, 0.29) is 30.7 Å². The third-order valence-corrected chi connectivity index (χ3v) is 1.58. The van der Waals surface area contributed by atoms with Gasteiger partial charge in [-0.05, 0) is 0 Å². The van der Waals surface area contributed by atoms with E-state index < -0.39 is 0 Å². The molecule has 0 aromatic heterocycles. The van der Waals surface area contributed by atoms with E-state index in [4.69, 9.17) is 4.74 Å². The van der Waals surface area contributed by atoms with Gasteiger partial charge in [0.05, 0.1) is 9.52 Å². The normalized spacial score (nSPS) is 8.78. The second-order valence-corrected chi connectivity index (χ2v) is 5.99. The molecule has 54 valence electrons. The van der Waals surface area contributed by atoms with Crippen LogP contribution in [-0.4, -0.2) is 44.0 Å². The Labute approximate surface area is 70.9 Å². The summed E-state index contributed by atoms with van der Waals surface area (Å²) in [5.41, 5.74) is 1.98. The van der Waals surface area contributed by atoms with E-state index in [2.05, 4.69) is 16.5 Å². The standard InChI is InChI=1S/C4H10OSi.2CH3.Sn/c1-3-6-4-5-2;;;/h3H,1,4,6H2,2H3;2*1H3;. The van der Waals surface area contributed by atoms with Crippen molar-refractivity contribution in [2.75, 3.05) is 13.3 Å². The van der Waals surface area contributed by atoms with Gasteiger partial charge in [0.15, 0.2) is 0 Å². The van der Waals surface area contributed by atoms with Crippen LogP contribution in [0, 0.1) is 0 Å². The molecule has 0 N–H and O–H groups in total. The zero-order valence-electron chi connectivity index (χ0n) is 6.61. The molecule has 3 heteroatoms. The maximum atomic E-state index is 4.77. The first-order valence-corrected chi connectivity index (χ1v) is 10.5. The quantitative estimate of drug-likeness (QED) is 0.529. The van der Waals surface area contributed by atoms with Gasteiger partial charge in [0.1, 0.15) is 0 Å². The average molecular weight is 251 g/mol. The van der Waals surface area contributed by atoms with Crippen LogP contribution in [0.1, 0.15) is 0 Å². The van der Waals surface area contributed by atoms with Gasteiger partial charge in [0.2, 0.25) is 0 Å². The summed E-state index contributed by atoms with van der Waals surface area (Å²) in [5, 5.41) is 0. The van der Waals surface area contributed by atoms with E-state index in [1.54, 1.807) is 7.11 Å². The van der Waals surface area contributed by atoms with Crippen molar-refractivity contribution in [1.82, 2.24) is 0 Å². The summed E-state index contributed by atoms with van der Waals surface area (Å²) < 4.78 is 4.77. The molecule has 0 fully saturated rings. The molecule has 0 heterocycles. The van der Waals surface area contributed by atoms with Crippen molar-refractivity contribution >= 4 is 30.7 Å². The molecule has 0 aliphatic carbocycles. The summed E-state index contributed by atoms with van der Waals surface area (Å²) in [6, 6.07) is 0. The van der Waals surface area contributed by atoms with Crippen LogP contribution in [0.5, 0.6) is 0 Å². The molecule has 0 rings (SSSR count). The van der Waals surface area contributed by atoms with E-state index in [1.165, 1.54) is 0 Å². The summed E-state index contributed by atoms with van der Waals surface area (Å²) in [6.45, 7) is 3.58. The monoisotopic (exact) mass is 252 g/mol. The molecule has 0 bridgehead atoms. The molecule has 0 atom stereocenters.